The van der Waals surface area contributed by atoms with Gasteiger partial charge in [-0.2, -0.15) is 5.10 Å². The maximum Gasteiger partial charge on any atom is 0.191 e. The molecule has 5 nitrogen and oxygen atoms in total. The van der Waals surface area contributed by atoms with Crippen molar-refractivity contribution in [1.82, 2.24) is 20.4 Å². The molecule has 1 atom stereocenters. The van der Waals surface area contributed by atoms with E-state index in [-0.39, 0.29) is 24.0 Å². The topological polar surface area (TPSA) is 54.2 Å². The highest BCUT2D eigenvalue weighted by Crippen LogP contribution is 2.04. The minimum absolute atomic E-state index is 0. The summed E-state index contributed by atoms with van der Waals surface area (Å²) < 4.78 is 1.94. The van der Waals surface area contributed by atoms with Gasteiger partial charge in [-0.15, -0.1) is 24.0 Å². The van der Waals surface area contributed by atoms with Crippen LogP contribution in [0.1, 0.15) is 32.3 Å². The molecule has 2 N–H and O–H groups in total. The van der Waals surface area contributed by atoms with Crippen molar-refractivity contribution in [3.8, 4) is 0 Å². The van der Waals surface area contributed by atoms with Crippen LogP contribution in [0.3, 0.4) is 0 Å². The predicted octanol–water partition coefficient (Wildman–Crippen LogP) is 3.47. The van der Waals surface area contributed by atoms with Gasteiger partial charge in [-0.05, 0) is 44.7 Å². The Morgan fingerprint density at radius 1 is 1.24 bits per heavy atom. The molecular formula is C19H30IN5. The van der Waals surface area contributed by atoms with E-state index in [1.54, 1.807) is 0 Å². The Morgan fingerprint density at radius 3 is 2.72 bits per heavy atom. The first-order chi connectivity index (χ1) is 11.8. The van der Waals surface area contributed by atoms with Gasteiger partial charge in [-0.1, -0.05) is 30.3 Å². The van der Waals surface area contributed by atoms with Gasteiger partial charge < -0.3 is 10.6 Å². The lowest BCUT2D eigenvalue weighted by atomic mass is 10.1. The minimum Gasteiger partial charge on any atom is -0.357 e. The molecule has 138 valence electrons. The molecule has 1 heterocycles. The Balaban J connectivity index is 0.00000312. The number of aliphatic imine (C=N–C) groups is 1. The summed E-state index contributed by atoms with van der Waals surface area (Å²) in [5.74, 6) is 0.901. The molecule has 0 saturated carbocycles. The van der Waals surface area contributed by atoms with Crippen LogP contribution in [0.5, 0.6) is 0 Å². The molecule has 6 heteroatoms. The number of halogens is 1. The molecule has 0 aliphatic heterocycles. The lowest BCUT2D eigenvalue weighted by molar-refractivity contribution is 0.575. The highest BCUT2D eigenvalue weighted by Gasteiger charge is 2.05. The Labute approximate surface area is 168 Å². The Hall–Kier alpha value is -1.57. The number of aryl methyl sites for hydroxylation is 2. The van der Waals surface area contributed by atoms with Gasteiger partial charge in [0.2, 0.25) is 0 Å². The summed E-state index contributed by atoms with van der Waals surface area (Å²) in [6.45, 7) is 6.87. The first-order valence-corrected chi connectivity index (χ1v) is 8.84. The molecule has 25 heavy (non-hydrogen) atoms. The summed E-state index contributed by atoms with van der Waals surface area (Å²) in [4.78, 5) is 4.66. The van der Waals surface area contributed by atoms with Crippen LogP contribution in [0.2, 0.25) is 0 Å². The highest BCUT2D eigenvalue weighted by atomic mass is 127. The highest BCUT2D eigenvalue weighted by molar-refractivity contribution is 14.0. The van der Waals surface area contributed by atoms with E-state index in [4.69, 9.17) is 0 Å². The van der Waals surface area contributed by atoms with Crippen LogP contribution in [-0.2, 0) is 13.0 Å². The van der Waals surface area contributed by atoms with Crippen molar-refractivity contribution >= 4 is 29.9 Å². The van der Waals surface area contributed by atoms with Crippen LogP contribution >= 0.6 is 24.0 Å². The van der Waals surface area contributed by atoms with Crippen LogP contribution < -0.4 is 10.6 Å². The molecule has 1 aromatic carbocycles. The van der Waals surface area contributed by atoms with Crippen LogP contribution in [-0.4, -0.2) is 34.9 Å². The van der Waals surface area contributed by atoms with E-state index in [2.05, 4.69) is 64.9 Å². The first kappa shape index (κ1) is 21.5. The standard InChI is InChI=1S/C19H29N5.HI/c1-3-20-19(21-13-7-15-24-16-8-14-22-24)23-17(2)11-12-18-9-5-4-6-10-18;/h4-6,8-10,14,16-17H,3,7,11-13,15H2,1-2H3,(H2,20,21,23);1H. The fourth-order valence-corrected chi connectivity index (χ4v) is 2.51. The number of benzene rings is 1. The van der Waals surface area contributed by atoms with E-state index in [9.17, 15) is 0 Å². The van der Waals surface area contributed by atoms with Crippen molar-refractivity contribution in [2.75, 3.05) is 13.1 Å². The SMILES string of the molecule is CCNC(=NCCCn1cccn1)NC(C)CCc1ccccc1.I. The summed E-state index contributed by atoms with van der Waals surface area (Å²) in [7, 11) is 0. The lowest BCUT2D eigenvalue weighted by Crippen LogP contribution is -2.42. The van der Waals surface area contributed by atoms with Gasteiger partial charge in [0.15, 0.2) is 5.96 Å². The fourth-order valence-electron chi connectivity index (χ4n) is 2.51. The average molecular weight is 455 g/mol. The third-order valence-electron chi connectivity index (χ3n) is 3.81. The number of hydrogen-bond donors (Lipinski definition) is 2. The number of nitrogens with one attached hydrogen (secondary N) is 2. The van der Waals surface area contributed by atoms with E-state index in [0.29, 0.717) is 6.04 Å². The van der Waals surface area contributed by atoms with Gasteiger partial charge >= 0.3 is 0 Å². The van der Waals surface area contributed by atoms with Crippen molar-refractivity contribution in [2.24, 2.45) is 4.99 Å². The zero-order valence-electron chi connectivity index (χ0n) is 15.2. The third kappa shape index (κ3) is 8.90. The molecule has 0 amide bonds. The van der Waals surface area contributed by atoms with E-state index >= 15 is 0 Å². The van der Waals surface area contributed by atoms with Crippen molar-refractivity contribution < 1.29 is 0 Å². The third-order valence-corrected chi connectivity index (χ3v) is 3.81. The zero-order valence-corrected chi connectivity index (χ0v) is 17.5. The molecule has 2 rings (SSSR count). The number of hydrogen-bond acceptors (Lipinski definition) is 2. The second kappa shape index (κ2) is 12.7. The van der Waals surface area contributed by atoms with Crippen molar-refractivity contribution in [2.45, 2.75) is 45.7 Å². The smallest absolute Gasteiger partial charge is 0.191 e. The number of guanidine groups is 1. The molecule has 0 saturated heterocycles. The average Bonchev–Trinajstić information content (AvgIpc) is 3.11. The normalized spacial score (nSPS) is 12.3. The Kier molecular flexibility index (Phi) is 10.9. The summed E-state index contributed by atoms with van der Waals surface area (Å²) in [5.41, 5.74) is 1.38. The maximum atomic E-state index is 4.66. The molecule has 0 radical (unpaired) electrons. The second-order valence-electron chi connectivity index (χ2n) is 5.95. The number of nitrogens with zero attached hydrogens (tertiary/aromatic N) is 3. The molecular weight excluding hydrogens is 425 g/mol. The van der Waals surface area contributed by atoms with E-state index < -0.39 is 0 Å². The molecule has 0 bridgehead atoms. The number of aromatic nitrogens is 2. The molecule has 2 aromatic rings. The van der Waals surface area contributed by atoms with Gasteiger partial charge in [0.1, 0.15) is 0 Å². The molecule has 0 fully saturated rings. The lowest BCUT2D eigenvalue weighted by Gasteiger charge is -2.18. The van der Waals surface area contributed by atoms with Crippen LogP contribution in [0.15, 0.2) is 53.8 Å². The van der Waals surface area contributed by atoms with Crippen LogP contribution in [0.4, 0.5) is 0 Å². The summed E-state index contributed by atoms with van der Waals surface area (Å²) >= 11 is 0. The maximum absolute atomic E-state index is 4.66. The molecule has 0 aliphatic carbocycles. The van der Waals surface area contributed by atoms with Crippen molar-refractivity contribution in [1.29, 1.82) is 0 Å². The quantitative estimate of drug-likeness (QED) is 0.264. The van der Waals surface area contributed by atoms with Gasteiger partial charge in [0.05, 0.1) is 0 Å². The van der Waals surface area contributed by atoms with E-state index in [0.717, 1.165) is 44.9 Å². The van der Waals surface area contributed by atoms with Crippen molar-refractivity contribution in [3.05, 3.63) is 54.4 Å². The monoisotopic (exact) mass is 455 g/mol. The molecule has 0 aliphatic rings. The number of rotatable bonds is 9. The first-order valence-electron chi connectivity index (χ1n) is 8.84. The Bertz CT molecular complexity index is 583. The van der Waals surface area contributed by atoms with E-state index in [1.165, 1.54) is 5.56 Å². The van der Waals surface area contributed by atoms with Crippen molar-refractivity contribution in [3.63, 3.8) is 0 Å². The van der Waals surface area contributed by atoms with Gasteiger partial charge in [-0.3, -0.25) is 9.67 Å². The molecule has 1 aromatic heterocycles. The van der Waals surface area contributed by atoms with Gasteiger partial charge in [-0.25, -0.2) is 0 Å². The summed E-state index contributed by atoms with van der Waals surface area (Å²) in [5, 5.41) is 11.0. The second-order valence-corrected chi connectivity index (χ2v) is 5.95. The van der Waals surface area contributed by atoms with Gasteiger partial charge in [0.25, 0.3) is 0 Å². The largest absolute Gasteiger partial charge is 0.357 e. The molecule has 1 unspecified atom stereocenters. The zero-order chi connectivity index (χ0) is 17.0. The Morgan fingerprint density at radius 2 is 2.04 bits per heavy atom. The molecule has 0 spiro atoms. The fraction of sp³-hybridized carbons (Fsp3) is 0.474. The van der Waals surface area contributed by atoms with Crippen LogP contribution in [0.25, 0.3) is 0 Å². The summed E-state index contributed by atoms with van der Waals surface area (Å²) in [6.07, 6.45) is 6.94. The van der Waals surface area contributed by atoms with Gasteiger partial charge in [0, 0.05) is 38.1 Å². The predicted molar refractivity (Wildman–Crippen MR) is 116 cm³/mol. The summed E-state index contributed by atoms with van der Waals surface area (Å²) in [6, 6.07) is 12.9. The minimum atomic E-state index is 0. The van der Waals surface area contributed by atoms with E-state index in [1.807, 2.05) is 23.1 Å². The van der Waals surface area contributed by atoms with Crippen LogP contribution in [0, 0.1) is 0 Å².